The van der Waals surface area contributed by atoms with E-state index in [0.29, 0.717) is 0 Å². The number of aryl methyl sites for hydroxylation is 1. The minimum absolute atomic E-state index is 0.274. The second kappa shape index (κ2) is 3.57. The predicted molar refractivity (Wildman–Crippen MR) is 56.8 cm³/mol. The van der Waals surface area contributed by atoms with E-state index < -0.39 is 5.91 Å². The fourth-order valence-electron chi connectivity index (χ4n) is 1.31. The lowest BCUT2D eigenvalue weighted by atomic mass is 10.2. The van der Waals surface area contributed by atoms with Gasteiger partial charge in [-0.2, -0.15) is 0 Å². The predicted octanol–water partition coefficient (Wildman–Crippen LogP) is 1.28. The van der Waals surface area contributed by atoms with Crippen molar-refractivity contribution in [2.45, 2.75) is 6.92 Å². The molecular weight excluding hydrogens is 190 g/mol. The number of nitrogens with two attached hydrogens (primary N) is 1. The number of carbonyl (C=O) groups is 1. The number of hydrogen-bond donors (Lipinski definition) is 1. The van der Waals surface area contributed by atoms with Crippen molar-refractivity contribution >= 4 is 5.91 Å². The molecule has 0 fully saturated rings. The number of nitrogens with zero attached hydrogens (tertiary/aromatic N) is 2. The first-order valence-electron chi connectivity index (χ1n) is 4.57. The van der Waals surface area contributed by atoms with Crippen molar-refractivity contribution in [1.82, 2.24) is 9.55 Å². The van der Waals surface area contributed by atoms with Crippen LogP contribution in [0.5, 0.6) is 0 Å². The molecule has 0 radical (unpaired) electrons. The summed E-state index contributed by atoms with van der Waals surface area (Å²) < 4.78 is 1.76. The summed E-state index contributed by atoms with van der Waals surface area (Å²) in [5.74, 6) is -0.513. The fraction of sp³-hybridized carbons (Fsp3) is 0.0909. The van der Waals surface area contributed by atoms with Crippen molar-refractivity contribution in [3.63, 3.8) is 0 Å². The highest BCUT2D eigenvalue weighted by Gasteiger charge is 2.04. The zero-order chi connectivity index (χ0) is 10.8. The summed E-state index contributed by atoms with van der Waals surface area (Å²) >= 11 is 0. The Morgan fingerprint density at radius 3 is 2.53 bits per heavy atom. The molecular formula is C11H11N3O. The fourth-order valence-corrected chi connectivity index (χ4v) is 1.31. The highest BCUT2D eigenvalue weighted by Crippen LogP contribution is 2.09. The number of imidazole rings is 1. The van der Waals surface area contributed by atoms with Crippen LogP contribution in [-0.2, 0) is 0 Å². The molecule has 0 atom stereocenters. The van der Waals surface area contributed by atoms with E-state index in [0.717, 1.165) is 5.69 Å². The van der Waals surface area contributed by atoms with Crippen molar-refractivity contribution < 1.29 is 4.79 Å². The van der Waals surface area contributed by atoms with Crippen molar-refractivity contribution in [2.75, 3.05) is 0 Å². The Kier molecular flexibility index (Phi) is 2.25. The van der Waals surface area contributed by atoms with Crippen molar-refractivity contribution in [1.29, 1.82) is 0 Å². The van der Waals surface area contributed by atoms with E-state index in [1.807, 2.05) is 31.2 Å². The lowest BCUT2D eigenvalue weighted by Crippen LogP contribution is -2.10. The standard InChI is InChI=1S/C11H11N3O/c1-8-2-4-9(5-3-8)14-6-10(11(12)15)13-7-14/h2-7H,1H3,(H2,12,15). The molecule has 4 nitrogen and oxygen atoms in total. The van der Waals surface area contributed by atoms with Gasteiger partial charge in [0.1, 0.15) is 12.0 Å². The second-order valence-electron chi connectivity index (χ2n) is 3.37. The van der Waals surface area contributed by atoms with Crippen LogP contribution in [-0.4, -0.2) is 15.5 Å². The number of rotatable bonds is 2. The average molecular weight is 201 g/mol. The first-order valence-corrected chi connectivity index (χ1v) is 4.57. The first kappa shape index (κ1) is 9.45. The van der Waals surface area contributed by atoms with E-state index in [1.165, 1.54) is 5.56 Å². The van der Waals surface area contributed by atoms with Gasteiger partial charge in [-0.05, 0) is 19.1 Å². The van der Waals surface area contributed by atoms with Gasteiger partial charge in [-0.15, -0.1) is 0 Å². The van der Waals surface area contributed by atoms with Crippen LogP contribution in [0.2, 0.25) is 0 Å². The van der Waals surface area contributed by atoms with Crippen LogP contribution in [0.1, 0.15) is 16.1 Å². The Morgan fingerprint density at radius 1 is 1.33 bits per heavy atom. The molecule has 0 aliphatic carbocycles. The van der Waals surface area contributed by atoms with E-state index in [9.17, 15) is 4.79 Å². The summed E-state index contributed by atoms with van der Waals surface area (Å²) in [6.07, 6.45) is 3.19. The summed E-state index contributed by atoms with van der Waals surface area (Å²) in [7, 11) is 0. The average Bonchev–Trinajstić information content (AvgIpc) is 2.68. The van der Waals surface area contributed by atoms with E-state index in [1.54, 1.807) is 17.1 Å². The molecule has 15 heavy (non-hydrogen) atoms. The molecule has 4 heteroatoms. The van der Waals surface area contributed by atoms with Gasteiger partial charge in [-0.1, -0.05) is 17.7 Å². The van der Waals surface area contributed by atoms with Crippen LogP contribution in [0.25, 0.3) is 5.69 Å². The monoisotopic (exact) mass is 201 g/mol. The minimum atomic E-state index is -0.513. The van der Waals surface area contributed by atoms with Gasteiger partial charge in [0.15, 0.2) is 0 Å². The molecule has 76 valence electrons. The Balaban J connectivity index is 2.37. The van der Waals surface area contributed by atoms with E-state index in [2.05, 4.69) is 4.98 Å². The van der Waals surface area contributed by atoms with Gasteiger partial charge in [-0.25, -0.2) is 4.98 Å². The van der Waals surface area contributed by atoms with E-state index >= 15 is 0 Å². The summed E-state index contributed by atoms with van der Waals surface area (Å²) in [5.41, 5.74) is 7.54. The maximum Gasteiger partial charge on any atom is 0.268 e. The largest absolute Gasteiger partial charge is 0.364 e. The van der Waals surface area contributed by atoms with Crippen molar-refractivity contribution in [2.24, 2.45) is 5.73 Å². The molecule has 2 rings (SSSR count). The highest BCUT2D eigenvalue weighted by atomic mass is 16.1. The van der Waals surface area contributed by atoms with E-state index in [-0.39, 0.29) is 5.69 Å². The van der Waals surface area contributed by atoms with Crippen LogP contribution in [0, 0.1) is 6.92 Å². The molecule has 0 aliphatic heterocycles. The van der Waals surface area contributed by atoms with E-state index in [4.69, 9.17) is 5.73 Å². The molecule has 1 heterocycles. The molecule has 0 saturated heterocycles. The van der Waals surface area contributed by atoms with Gasteiger partial charge < -0.3 is 10.3 Å². The third kappa shape index (κ3) is 1.88. The van der Waals surface area contributed by atoms with Crippen LogP contribution in [0.15, 0.2) is 36.8 Å². The Bertz CT molecular complexity index is 485. The number of benzene rings is 1. The number of amides is 1. The topological polar surface area (TPSA) is 60.9 Å². The lowest BCUT2D eigenvalue weighted by molar-refractivity contribution is 0.0996. The lowest BCUT2D eigenvalue weighted by Gasteiger charge is -2.01. The number of carbonyl (C=O) groups excluding carboxylic acids is 1. The van der Waals surface area contributed by atoms with Gasteiger partial charge in [0.2, 0.25) is 0 Å². The van der Waals surface area contributed by atoms with Gasteiger partial charge in [0, 0.05) is 11.9 Å². The molecule has 0 spiro atoms. The quantitative estimate of drug-likeness (QED) is 0.795. The van der Waals surface area contributed by atoms with Crippen LogP contribution < -0.4 is 5.73 Å². The molecule has 1 aromatic heterocycles. The molecule has 2 N–H and O–H groups in total. The second-order valence-corrected chi connectivity index (χ2v) is 3.37. The summed E-state index contributed by atoms with van der Waals surface area (Å²) in [6.45, 7) is 2.02. The van der Waals surface area contributed by atoms with Gasteiger partial charge >= 0.3 is 0 Å². The number of aromatic nitrogens is 2. The first-order chi connectivity index (χ1) is 7.16. The smallest absolute Gasteiger partial charge is 0.268 e. The molecule has 1 amide bonds. The normalized spacial score (nSPS) is 10.2. The zero-order valence-electron chi connectivity index (χ0n) is 8.34. The molecule has 0 saturated carbocycles. The highest BCUT2D eigenvalue weighted by molar-refractivity contribution is 5.90. The molecule has 0 aliphatic rings. The number of primary amides is 1. The summed E-state index contributed by atoms with van der Waals surface area (Å²) in [4.78, 5) is 14.7. The van der Waals surface area contributed by atoms with Crippen LogP contribution in [0.4, 0.5) is 0 Å². The minimum Gasteiger partial charge on any atom is -0.364 e. The Morgan fingerprint density at radius 2 is 2.00 bits per heavy atom. The van der Waals surface area contributed by atoms with Gasteiger partial charge in [0.05, 0.1) is 0 Å². The third-order valence-electron chi connectivity index (χ3n) is 2.17. The maximum absolute atomic E-state index is 10.8. The molecule has 0 unspecified atom stereocenters. The summed E-state index contributed by atoms with van der Waals surface area (Å²) in [6, 6.07) is 7.92. The van der Waals surface area contributed by atoms with Crippen molar-refractivity contribution in [3.8, 4) is 5.69 Å². The molecule has 0 bridgehead atoms. The third-order valence-corrected chi connectivity index (χ3v) is 2.17. The van der Waals surface area contributed by atoms with Gasteiger partial charge in [0.25, 0.3) is 5.91 Å². The summed E-state index contributed by atoms with van der Waals surface area (Å²) in [5, 5.41) is 0. The molecule has 1 aromatic carbocycles. The Hall–Kier alpha value is -2.10. The van der Waals surface area contributed by atoms with Crippen LogP contribution >= 0.6 is 0 Å². The SMILES string of the molecule is Cc1ccc(-n2cnc(C(N)=O)c2)cc1. The Labute approximate surface area is 87.4 Å². The van der Waals surface area contributed by atoms with Gasteiger partial charge in [-0.3, -0.25) is 4.79 Å². The molecule has 2 aromatic rings. The number of hydrogen-bond acceptors (Lipinski definition) is 2. The van der Waals surface area contributed by atoms with Crippen molar-refractivity contribution in [3.05, 3.63) is 48.0 Å². The zero-order valence-corrected chi connectivity index (χ0v) is 8.34. The maximum atomic E-state index is 10.8. The van der Waals surface area contributed by atoms with Crippen LogP contribution in [0.3, 0.4) is 0 Å².